The van der Waals surface area contributed by atoms with E-state index in [1.165, 1.54) is 24.1 Å². The van der Waals surface area contributed by atoms with Crippen LogP contribution in [0.25, 0.3) is 0 Å². The molecule has 3 rings (SSSR count). The third-order valence-corrected chi connectivity index (χ3v) is 6.83. The van der Waals surface area contributed by atoms with Crippen LogP contribution in [0.4, 0.5) is 5.69 Å². The fourth-order valence-corrected chi connectivity index (χ4v) is 4.83. The van der Waals surface area contributed by atoms with Crippen LogP contribution < -0.4 is 14.8 Å². The van der Waals surface area contributed by atoms with Crippen molar-refractivity contribution in [3.8, 4) is 5.75 Å². The van der Waals surface area contributed by atoms with Crippen molar-refractivity contribution in [2.45, 2.75) is 62.8 Å². The SMILES string of the molecule is CC(C)c1ccc(NC(=O)COc2ccc(S(=O)(=O)NC3CCCCC3)cc2)cc1. The third-order valence-electron chi connectivity index (χ3n) is 5.29. The number of carbonyl (C=O) groups is 1. The van der Waals surface area contributed by atoms with Gasteiger partial charge in [0.25, 0.3) is 5.91 Å². The Kier molecular flexibility index (Phi) is 7.50. The lowest BCUT2D eigenvalue weighted by Crippen LogP contribution is -2.36. The summed E-state index contributed by atoms with van der Waals surface area (Å²) in [5.41, 5.74) is 1.92. The molecule has 0 saturated heterocycles. The van der Waals surface area contributed by atoms with Crippen LogP contribution in [0.2, 0.25) is 0 Å². The molecule has 6 nitrogen and oxygen atoms in total. The first-order valence-corrected chi connectivity index (χ1v) is 12.0. The molecule has 2 aromatic carbocycles. The molecule has 1 saturated carbocycles. The van der Waals surface area contributed by atoms with Gasteiger partial charge in [0.05, 0.1) is 4.90 Å². The monoisotopic (exact) mass is 430 g/mol. The van der Waals surface area contributed by atoms with Crippen molar-refractivity contribution in [1.29, 1.82) is 0 Å². The summed E-state index contributed by atoms with van der Waals surface area (Å²) in [5, 5.41) is 2.79. The highest BCUT2D eigenvalue weighted by Crippen LogP contribution is 2.21. The van der Waals surface area contributed by atoms with Gasteiger partial charge in [-0.25, -0.2) is 13.1 Å². The predicted octanol–water partition coefficient (Wildman–Crippen LogP) is 4.44. The highest BCUT2D eigenvalue weighted by molar-refractivity contribution is 7.89. The minimum absolute atomic E-state index is 0.0120. The van der Waals surface area contributed by atoms with Crippen LogP contribution >= 0.6 is 0 Å². The molecular weight excluding hydrogens is 400 g/mol. The van der Waals surface area contributed by atoms with Crippen molar-refractivity contribution in [2.75, 3.05) is 11.9 Å². The van der Waals surface area contributed by atoms with E-state index in [-0.39, 0.29) is 23.5 Å². The Morgan fingerprint density at radius 2 is 1.63 bits per heavy atom. The summed E-state index contributed by atoms with van der Waals surface area (Å²) < 4.78 is 33.3. The van der Waals surface area contributed by atoms with Crippen LogP contribution in [-0.4, -0.2) is 27.0 Å². The molecule has 1 amide bonds. The lowest BCUT2D eigenvalue weighted by molar-refractivity contribution is -0.118. The Morgan fingerprint density at radius 1 is 1.00 bits per heavy atom. The maximum absolute atomic E-state index is 12.5. The minimum atomic E-state index is -3.54. The number of nitrogens with one attached hydrogen (secondary N) is 2. The highest BCUT2D eigenvalue weighted by Gasteiger charge is 2.21. The number of rotatable bonds is 8. The van der Waals surface area contributed by atoms with Gasteiger partial charge in [0, 0.05) is 11.7 Å². The molecule has 0 atom stereocenters. The van der Waals surface area contributed by atoms with E-state index in [0.717, 1.165) is 25.7 Å². The molecule has 0 unspecified atom stereocenters. The highest BCUT2D eigenvalue weighted by atomic mass is 32.2. The molecule has 0 spiro atoms. The zero-order valence-corrected chi connectivity index (χ0v) is 18.4. The molecule has 0 heterocycles. The van der Waals surface area contributed by atoms with E-state index >= 15 is 0 Å². The summed E-state index contributed by atoms with van der Waals surface area (Å²) >= 11 is 0. The Bertz CT molecular complexity index is 932. The number of hydrogen-bond acceptors (Lipinski definition) is 4. The summed E-state index contributed by atoms with van der Waals surface area (Å²) in [6.07, 6.45) is 5.06. The second-order valence-corrected chi connectivity index (χ2v) is 9.76. The first-order valence-electron chi connectivity index (χ1n) is 10.5. The molecule has 1 aliphatic carbocycles. The summed E-state index contributed by atoms with van der Waals surface area (Å²) in [4.78, 5) is 12.3. The fraction of sp³-hybridized carbons (Fsp3) is 0.435. The number of ether oxygens (including phenoxy) is 1. The average Bonchev–Trinajstić information content (AvgIpc) is 2.73. The Labute approximate surface area is 179 Å². The maximum Gasteiger partial charge on any atom is 0.262 e. The normalized spacial score (nSPS) is 15.2. The topological polar surface area (TPSA) is 84.5 Å². The number of amides is 1. The molecule has 0 radical (unpaired) electrons. The fourth-order valence-electron chi connectivity index (χ4n) is 3.52. The third kappa shape index (κ3) is 6.31. The lowest BCUT2D eigenvalue weighted by Gasteiger charge is -2.22. The van der Waals surface area contributed by atoms with Crippen LogP contribution in [-0.2, 0) is 14.8 Å². The van der Waals surface area contributed by atoms with Gasteiger partial charge in [-0.05, 0) is 60.7 Å². The van der Waals surface area contributed by atoms with Crippen LogP contribution in [0.1, 0.15) is 57.4 Å². The standard InChI is InChI=1S/C23H30N2O4S/c1-17(2)18-8-10-19(11-9-18)24-23(26)16-29-21-12-14-22(15-13-21)30(27,28)25-20-6-4-3-5-7-20/h8-15,17,20,25H,3-7,16H2,1-2H3,(H,24,26). The van der Waals surface area contributed by atoms with E-state index in [4.69, 9.17) is 4.74 Å². The molecule has 0 aliphatic heterocycles. The van der Waals surface area contributed by atoms with E-state index < -0.39 is 10.0 Å². The quantitative estimate of drug-likeness (QED) is 0.648. The van der Waals surface area contributed by atoms with E-state index in [9.17, 15) is 13.2 Å². The molecule has 1 aliphatic rings. The largest absolute Gasteiger partial charge is 0.484 e. The van der Waals surface area contributed by atoms with Crippen molar-refractivity contribution < 1.29 is 17.9 Å². The predicted molar refractivity (Wildman–Crippen MR) is 118 cm³/mol. The van der Waals surface area contributed by atoms with Gasteiger partial charge in [-0.1, -0.05) is 45.2 Å². The van der Waals surface area contributed by atoms with Crippen LogP contribution in [0.15, 0.2) is 53.4 Å². The van der Waals surface area contributed by atoms with E-state index in [2.05, 4.69) is 23.9 Å². The van der Waals surface area contributed by atoms with E-state index in [0.29, 0.717) is 17.4 Å². The van der Waals surface area contributed by atoms with E-state index in [1.54, 1.807) is 12.1 Å². The second kappa shape index (κ2) is 10.1. The molecular formula is C23H30N2O4S. The molecule has 1 fully saturated rings. The summed E-state index contributed by atoms with van der Waals surface area (Å²) in [6, 6.07) is 13.9. The van der Waals surface area contributed by atoms with Gasteiger partial charge < -0.3 is 10.1 Å². The summed E-state index contributed by atoms with van der Waals surface area (Å²) in [6.45, 7) is 4.08. The molecule has 0 aromatic heterocycles. The molecule has 2 N–H and O–H groups in total. The minimum Gasteiger partial charge on any atom is -0.484 e. The van der Waals surface area contributed by atoms with Gasteiger partial charge in [-0.3, -0.25) is 4.79 Å². The molecule has 7 heteroatoms. The zero-order valence-electron chi connectivity index (χ0n) is 17.6. The Balaban J connectivity index is 1.50. The van der Waals surface area contributed by atoms with Gasteiger partial charge in [0.15, 0.2) is 6.61 Å². The first kappa shape index (κ1) is 22.3. The number of anilines is 1. The number of hydrogen-bond donors (Lipinski definition) is 2. The van der Waals surface area contributed by atoms with Gasteiger partial charge in [-0.15, -0.1) is 0 Å². The van der Waals surface area contributed by atoms with Crippen molar-refractivity contribution in [2.24, 2.45) is 0 Å². The van der Waals surface area contributed by atoms with Crippen LogP contribution in [0.5, 0.6) is 5.75 Å². The van der Waals surface area contributed by atoms with Crippen LogP contribution in [0.3, 0.4) is 0 Å². The Hall–Kier alpha value is -2.38. The summed E-state index contributed by atoms with van der Waals surface area (Å²) in [5.74, 6) is 0.600. The molecule has 0 bridgehead atoms. The second-order valence-electron chi connectivity index (χ2n) is 8.04. The van der Waals surface area contributed by atoms with Crippen molar-refractivity contribution in [3.05, 3.63) is 54.1 Å². The smallest absolute Gasteiger partial charge is 0.262 e. The van der Waals surface area contributed by atoms with Crippen LogP contribution in [0, 0.1) is 0 Å². The van der Waals surface area contributed by atoms with Gasteiger partial charge in [0.2, 0.25) is 10.0 Å². The van der Waals surface area contributed by atoms with Gasteiger partial charge in [0.1, 0.15) is 5.75 Å². The first-order chi connectivity index (χ1) is 14.3. The average molecular weight is 431 g/mol. The van der Waals surface area contributed by atoms with E-state index in [1.807, 2.05) is 24.3 Å². The van der Waals surface area contributed by atoms with Gasteiger partial charge in [-0.2, -0.15) is 0 Å². The lowest BCUT2D eigenvalue weighted by atomic mass is 9.96. The van der Waals surface area contributed by atoms with Crippen molar-refractivity contribution in [3.63, 3.8) is 0 Å². The van der Waals surface area contributed by atoms with Crippen molar-refractivity contribution in [1.82, 2.24) is 4.72 Å². The maximum atomic E-state index is 12.5. The number of sulfonamides is 1. The number of carbonyl (C=O) groups excluding carboxylic acids is 1. The number of benzene rings is 2. The Morgan fingerprint density at radius 3 is 2.23 bits per heavy atom. The molecule has 30 heavy (non-hydrogen) atoms. The zero-order chi connectivity index (χ0) is 21.6. The van der Waals surface area contributed by atoms with Gasteiger partial charge >= 0.3 is 0 Å². The summed E-state index contributed by atoms with van der Waals surface area (Å²) in [7, 11) is -3.54. The molecule has 2 aromatic rings. The molecule has 162 valence electrons. The van der Waals surface area contributed by atoms with Crippen molar-refractivity contribution >= 4 is 21.6 Å².